The molecule has 6 heteroatoms. The molecule has 0 heterocycles. The van der Waals surface area contributed by atoms with Crippen LogP contribution in [0, 0.1) is 17.0 Å². The Morgan fingerprint density at radius 3 is 2.34 bits per heavy atom. The standard InChI is InChI=1S/C23H20N2O4/c1-16-8-13-22(29-2)21(14-16)24-23(26)20(18-6-4-3-5-7-18)15-17-9-11-19(12-10-17)25(27)28/h3-15H,1-2H3,(H,24,26)/b20-15+. The van der Waals surface area contributed by atoms with Crippen LogP contribution in [0.25, 0.3) is 11.6 Å². The summed E-state index contributed by atoms with van der Waals surface area (Å²) in [6.45, 7) is 1.93. The van der Waals surface area contributed by atoms with Crippen LogP contribution in [0.2, 0.25) is 0 Å². The van der Waals surface area contributed by atoms with Crippen LogP contribution in [0.1, 0.15) is 16.7 Å². The number of aryl methyl sites for hydroxylation is 1. The van der Waals surface area contributed by atoms with Crippen molar-refractivity contribution in [3.05, 3.63) is 99.6 Å². The summed E-state index contributed by atoms with van der Waals surface area (Å²) in [4.78, 5) is 23.5. The van der Waals surface area contributed by atoms with Crippen molar-refractivity contribution < 1.29 is 14.5 Å². The molecule has 0 aromatic heterocycles. The topological polar surface area (TPSA) is 81.5 Å². The summed E-state index contributed by atoms with van der Waals surface area (Å²) in [6, 6.07) is 20.8. The molecule has 0 saturated carbocycles. The SMILES string of the molecule is COc1ccc(C)cc1NC(=O)/C(=C/c1ccc([N+](=O)[O-])cc1)c1ccccc1. The smallest absolute Gasteiger partial charge is 0.269 e. The van der Waals surface area contributed by atoms with Crippen LogP contribution in [0.5, 0.6) is 5.75 Å². The third-order valence-electron chi connectivity index (χ3n) is 4.35. The van der Waals surface area contributed by atoms with Crippen LogP contribution in [0.3, 0.4) is 0 Å². The summed E-state index contributed by atoms with van der Waals surface area (Å²) in [5.41, 5.74) is 3.40. The quantitative estimate of drug-likeness (QED) is 0.276. The molecule has 146 valence electrons. The molecule has 1 amide bonds. The van der Waals surface area contributed by atoms with E-state index in [2.05, 4.69) is 5.32 Å². The van der Waals surface area contributed by atoms with Gasteiger partial charge in [-0.25, -0.2) is 0 Å². The van der Waals surface area contributed by atoms with E-state index < -0.39 is 4.92 Å². The van der Waals surface area contributed by atoms with Crippen molar-refractivity contribution in [2.24, 2.45) is 0 Å². The highest BCUT2D eigenvalue weighted by atomic mass is 16.6. The number of methoxy groups -OCH3 is 1. The summed E-state index contributed by atoms with van der Waals surface area (Å²) < 4.78 is 5.34. The number of ether oxygens (including phenoxy) is 1. The maximum absolute atomic E-state index is 13.1. The molecular weight excluding hydrogens is 368 g/mol. The predicted molar refractivity (Wildman–Crippen MR) is 114 cm³/mol. The molecule has 29 heavy (non-hydrogen) atoms. The van der Waals surface area contributed by atoms with Crippen LogP contribution in [0.4, 0.5) is 11.4 Å². The van der Waals surface area contributed by atoms with Gasteiger partial charge in [-0.3, -0.25) is 14.9 Å². The van der Waals surface area contributed by atoms with Gasteiger partial charge in [0, 0.05) is 17.7 Å². The highest BCUT2D eigenvalue weighted by Crippen LogP contribution is 2.28. The normalized spacial score (nSPS) is 11.0. The zero-order chi connectivity index (χ0) is 20.8. The van der Waals surface area contributed by atoms with E-state index >= 15 is 0 Å². The first-order valence-corrected chi connectivity index (χ1v) is 8.95. The number of rotatable bonds is 6. The van der Waals surface area contributed by atoms with Crippen molar-refractivity contribution in [1.82, 2.24) is 0 Å². The van der Waals surface area contributed by atoms with Crippen molar-refractivity contribution in [1.29, 1.82) is 0 Å². The van der Waals surface area contributed by atoms with Gasteiger partial charge in [-0.2, -0.15) is 0 Å². The van der Waals surface area contributed by atoms with Crippen LogP contribution < -0.4 is 10.1 Å². The minimum Gasteiger partial charge on any atom is -0.495 e. The zero-order valence-corrected chi connectivity index (χ0v) is 16.1. The fraction of sp³-hybridized carbons (Fsp3) is 0.0870. The van der Waals surface area contributed by atoms with Gasteiger partial charge in [0.25, 0.3) is 11.6 Å². The number of amides is 1. The molecule has 0 aliphatic heterocycles. The van der Waals surface area contributed by atoms with Crippen LogP contribution in [-0.4, -0.2) is 17.9 Å². The van der Waals surface area contributed by atoms with Crippen LogP contribution in [-0.2, 0) is 4.79 Å². The van der Waals surface area contributed by atoms with Gasteiger partial charge in [-0.15, -0.1) is 0 Å². The van der Waals surface area contributed by atoms with Crippen molar-refractivity contribution in [3.63, 3.8) is 0 Å². The number of hydrogen-bond acceptors (Lipinski definition) is 4. The van der Waals surface area contributed by atoms with Crippen molar-refractivity contribution in [3.8, 4) is 5.75 Å². The molecule has 6 nitrogen and oxygen atoms in total. The molecular formula is C23H20N2O4. The fourth-order valence-electron chi connectivity index (χ4n) is 2.87. The van der Waals surface area contributed by atoms with Crippen molar-refractivity contribution in [2.75, 3.05) is 12.4 Å². The van der Waals surface area contributed by atoms with Crippen molar-refractivity contribution >= 4 is 28.9 Å². The summed E-state index contributed by atoms with van der Waals surface area (Å²) in [5.74, 6) is 0.255. The fourth-order valence-corrected chi connectivity index (χ4v) is 2.87. The number of carbonyl (C=O) groups is 1. The number of nitro benzene ring substituents is 1. The average molecular weight is 388 g/mol. The summed E-state index contributed by atoms with van der Waals surface area (Å²) >= 11 is 0. The second-order valence-electron chi connectivity index (χ2n) is 6.43. The highest BCUT2D eigenvalue weighted by Gasteiger charge is 2.15. The molecule has 1 N–H and O–H groups in total. The van der Waals surface area contributed by atoms with Gasteiger partial charge in [0.15, 0.2) is 0 Å². The summed E-state index contributed by atoms with van der Waals surface area (Å²) in [7, 11) is 1.55. The van der Waals surface area contributed by atoms with E-state index in [1.807, 2.05) is 49.4 Å². The maximum Gasteiger partial charge on any atom is 0.269 e. The van der Waals surface area contributed by atoms with E-state index in [0.717, 1.165) is 11.1 Å². The second kappa shape index (κ2) is 8.84. The Balaban J connectivity index is 1.99. The van der Waals surface area contributed by atoms with Gasteiger partial charge in [-0.05, 0) is 54.0 Å². The Bertz CT molecular complexity index is 1060. The van der Waals surface area contributed by atoms with E-state index in [-0.39, 0.29) is 11.6 Å². The molecule has 3 rings (SSSR count). The lowest BCUT2D eigenvalue weighted by molar-refractivity contribution is -0.384. The number of anilines is 1. The molecule has 0 spiro atoms. The minimum absolute atomic E-state index is 0.00244. The number of carbonyl (C=O) groups excluding carboxylic acids is 1. The van der Waals surface area contributed by atoms with Crippen LogP contribution >= 0.6 is 0 Å². The molecule has 0 fully saturated rings. The minimum atomic E-state index is -0.456. The first-order chi connectivity index (χ1) is 14.0. The number of nitrogens with zero attached hydrogens (tertiary/aromatic N) is 1. The molecule has 0 bridgehead atoms. The second-order valence-corrected chi connectivity index (χ2v) is 6.43. The van der Waals surface area contributed by atoms with E-state index in [9.17, 15) is 14.9 Å². The molecule has 3 aromatic rings. The Labute approximate surface area is 168 Å². The first-order valence-electron chi connectivity index (χ1n) is 8.95. The number of non-ortho nitro benzene ring substituents is 1. The number of hydrogen-bond donors (Lipinski definition) is 1. The van der Waals surface area contributed by atoms with Gasteiger partial charge in [-0.1, -0.05) is 36.4 Å². The molecule has 3 aromatic carbocycles. The molecule has 0 aliphatic carbocycles. The largest absolute Gasteiger partial charge is 0.495 e. The number of benzene rings is 3. The van der Waals surface area contributed by atoms with E-state index in [4.69, 9.17) is 4.74 Å². The van der Waals surface area contributed by atoms with Gasteiger partial charge in [0.05, 0.1) is 17.7 Å². The van der Waals surface area contributed by atoms with Crippen molar-refractivity contribution in [2.45, 2.75) is 6.92 Å². The third kappa shape index (κ3) is 4.87. The van der Waals surface area contributed by atoms with Crippen LogP contribution in [0.15, 0.2) is 72.8 Å². The molecule has 0 atom stereocenters. The maximum atomic E-state index is 13.1. The predicted octanol–water partition coefficient (Wildman–Crippen LogP) is 5.09. The van der Waals surface area contributed by atoms with E-state index in [0.29, 0.717) is 22.6 Å². The van der Waals surface area contributed by atoms with Gasteiger partial charge >= 0.3 is 0 Å². The highest BCUT2D eigenvalue weighted by molar-refractivity contribution is 6.29. The van der Waals surface area contributed by atoms with E-state index in [1.54, 1.807) is 31.4 Å². The lowest BCUT2D eigenvalue weighted by Crippen LogP contribution is -2.14. The Kier molecular flexibility index (Phi) is 6.04. The number of nitrogens with one attached hydrogen (secondary N) is 1. The lowest BCUT2D eigenvalue weighted by Gasteiger charge is -2.13. The lowest BCUT2D eigenvalue weighted by atomic mass is 10.0. The third-order valence-corrected chi connectivity index (χ3v) is 4.35. The first kappa shape index (κ1) is 19.8. The Morgan fingerprint density at radius 1 is 1.03 bits per heavy atom. The Hall–Kier alpha value is -3.93. The van der Waals surface area contributed by atoms with E-state index in [1.165, 1.54) is 12.1 Å². The zero-order valence-electron chi connectivity index (χ0n) is 16.1. The van der Waals surface area contributed by atoms with Gasteiger partial charge < -0.3 is 10.1 Å². The number of nitro groups is 1. The van der Waals surface area contributed by atoms with Gasteiger partial charge in [0.2, 0.25) is 0 Å². The summed E-state index contributed by atoms with van der Waals surface area (Å²) in [5, 5.41) is 13.8. The van der Waals surface area contributed by atoms with Gasteiger partial charge in [0.1, 0.15) is 5.75 Å². The molecule has 0 radical (unpaired) electrons. The Morgan fingerprint density at radius 2 is 1.72 bits per heavy atom. The average Bonchev–Trinajstić information content (AvgIpc) is 2.73. The molecule has 0 aliphatic rings. The molecule has 0 saturated heterocycles. The molecule has 0 unspecified atom stereocenters. The summed E-state index contributed by atoms with van der Waals surface area (Å²) in [6.07, 6.45) is 1.71. The monoisotopic (exact) mass is 388 g/mol.